The van der Waals surface area contributed by atoms with Crippen LogP contribution in [-0.4, -0.2) is 53.5 Å². The van der Waals surface area contributed by atoms with Crippen LogP contribution in [0.2, 0.25) is 5.02 Å². The highest BCUT2D eigenvalue weighted by atomic mass is 35.5. The molecular formula is C22H24Cl2N2O5. The molecule has 0 saturated carbocycles. The van der Waals surface area contributed by atoms with E-state index in [0.29, 0.717) is 22.6 Å². The quantitative estimate of drug-likeness (QED) is 0.463. The highest BCUT2D eigenvalue weighted by Crippen LogP contribution is 2.44. The highest BCUT2D eigenvalue weighted by molar-refractivity contribution is 6.33. The summed E-state index contributed by atoms with van der Waals surface area (Å²) in [7, 11) is 3.67. The lowest BCUT2D eigenvalue weighted by atomic mass is 9.89. The number of hydrogen-bond donors (Lipinski definition) is 4. The van der Waals surface area contributed by atoms with E-state index < -0.39 is 5.43 Å². The molecule has 2 atom stereocenters. The number of halogens is 2. The summed E-state index contributed by atoms with van der Waals surface area (Å²) in [4.78, 5) is 14.9. The Labute approximate surface area is 190 Å². The first-order valence-corrected chi connectivity index (χ1v) is 10.0. The monoisotopic (exact) mass is 466 g/mol. The van der Waals surface area contributed by atoms with Gasteiger partial charge in [-0.25, -0.2) is 0 Å². The molecule has 7 nitrogen and oxygen atoms in total. The van der Waals surface area contributed by atoms with Crippen LogP contribution in [-0.2, 0) is 0 Å². The SMILES string of the molecule is CNc1ccc(-c2cc(=O)c3c(O)cc(O)c([C@H]4CCN(C)[C@@H]4CO)c3o2)c(Cl)c1.Cl. The van der Waals surface area contributed by atoms with Crippen LogP contribution in [0.5, 0.6) is 11.5 Å². The summed E-state index contributed by atoms with van der Waals surface area (Å²) in [5, 5.41) is 34.3. The van der Waals surface area contributed by atoms with E-state index in [2.05, 4.69) is 5.32 Å². The van der Waals surface area contributed by atoms with Crippen LogP contribution in [0, 0.1) is 0 Å². The third-order valence-corrected chi connectivity index (χ3v) is 6.22. The van der Waals surface area contributed by atoms with Gasteiger partial charge in [-0.05, 0) is 38.2 Å². The number of nitrogens with one attached hydrogen (secondary N) is 1. The van der Waals surface area contributed by atoms with Crippen LogP contribution in [0.25, 0.3) is 22.3 Å². The van der Waals surface area contributed by atoms with Crippen molar-refractivity contribution in [2.45, 2.75) is 18.4 Å². The summed E-state index contributed by atoms with van der Waals surface area (Å²) in [6, 6.07) is 7.47. The average molecular weight is 467 g/mol. The molecule has 1 fully saturated rings. The number of aromatic hydroxyl groups is 2. The number of aliphatic hydroxyl groups excluding tert-OH is 1. The summed E-state index contributed by atoms with van der Waals surface area (Å²) >= 11 is 6.40. The van der Waals surface area contributed by atoms with Gasteiger partial charge in [-0.3, -0.25) is 4.79 Å². The Balaban J connectivity index is 0.00000272. The zero-order chi connectivity index (χ0) is 21.6. The molecule has 0 unspecified atom stereocenters. The van der Waals surface area contributed by atoms with E-state index >= 15 is 0 Å². The Kier molecular flexibility index (Phi) is 6.71. The van der Waals surface area contributed by atoms with Gasteiger partial charge >= 0.3 is 0 Å². The van der Waals surface area contributed by atoms with E-state index in [-0.39, 0.29) is 59.2 Å². The molecule has 166 valence electrons. The van der Waals surface area contributed by atoms with E-state index in [4.69, 9.17) is 16.0 Å². The second kappa shape index (κ2) is 8.96. The highest BCUT2D eigenvalue weighted by Gasteiger charge is 2.36. The van der Waals surface area contributed by atoms with Crippen LogP contribution in [0.15, 0.2) is 39.5 Å². The van der Waals surface area contributed by atoms with E-state index in [0.717, 1.165) is 18.3 Å². The van der Waals surface area contributed by atoms with E-state index in [1.54, 1.807) is 25.2 Å². The van der Waals surface area contributed by atoms with E-state index in [1.165, 1.54) is 6.07 Å². The van der Waals surface area contributed by atoms with Crippen molar-refractivity contribution < 1.29 is 19.7 Å². The molecular weight excluding hydrogens is 443 g/mol. The van der Waals surface area contributed by atoms with Crippen LogP contribution < -0.4 is 10.7 Å². The number of phenolic OH excluding ortho intramolecular Hbond substituents is 2. The largest absolute Gasteiger partial charge is 0.507 e. The average Bonchev–Trinajstić information content (AvgIpc) is 3.07. The van der Waals surface area contributed by atoms with Gasteiger partial charge in [-0.2, -0.15) is 0 Å². The summed E-state index contributed by atoms with van der Waals surface area (Å²) < 4.78 is 6.09. The van der Waals surface area contributed by atoms with Gasteiger partial charge < -0.3 is 30.0 Å². The molecule has 2 heterocycles. The minimum Gasteiger partial charge on any atom is -0.507 e. The predicted molar refractivity (Wildman–Crippen MR) is 124 cm³/mol. The molecule has 4 N–H and O–H groups in total. The first kappa shape index (κ1) is 23.2. The fourth-order valence-electron chi connectivity index (χ4n) is 4.29. The number of aliphatic hydroxyl groups is 1. The number of likely N-dealkylation sites (N-methyl/N-ethyl adjacent to an activating group) is 1. The number of rotatable bonds is 4. The van der Waals surface area contributed by atoms with Crippen molar-refractivity contribution in [2.75, 3.05) is 32.6 Å². The second-order valence-corrected chi connectivity index (χ2v) is 7.99. The molecule has 0 spiro atoms. The lowest BCUT2D eigenvalue weighted by molar-refractivity contribution is 0.172. The predicted octanol–water partition coefficient (Wildman–Crippen LogP) is 3.77. The topological polar surface area (TPSA) is 106 Å². The van der Waals surface area contributed by atoms with Crippen molar-refractivity contribution in [1.82, 2.24) is 4.90 Å². The molecule has 0 radical (unpaired) electrons. The minimum atomic E-state index is -0.439. The van der Waals surface area contributed by atoms with E-state index in [9.17, 15) is 20.1 Å². The molecule has 9 heteroatoms. The number of phenols is 2. The van der Waals surface area contributed by atoms with Gasteiger partial charge in [0.15, 0.2) is 5.43 Å². The molecule has 1 saturated heterocycles. The van der Waals surface area contributed by atoms with Crippen LogP contribution in [0.1, 0.15) is 17.9 Å². The summed E-state index contributed by atoms with van der Waals surface area (Å²) in [6.45, 7) is 0.614. The number of nitrogens with zero attached hydrogens (tertiary/aromatic N) is 1. The van der Waals surface area contributed by atoms with Crippen molar-refractivity contribution in [2.24, 2.45) is 0 Å². The lowest BCUT2D eigenvalue weighted by Gasteiger charge is -2.24. The molecule has 0 aliphatic carbocycles. The van der Waals surface area contributed by atoms with Gasteiger partial charge in [0, 0.05) is 48.0 Å². The number of hydrogen-bond acceptors (Lipinski definition) is 7. The molecule has 0 amide bonds. The van der Waals surface area contributed by atoms with Gasteiger partial charge in [0.25, 0.3) is 0 Å². The fourth-order valence-corrected chi connectivity index (χ4v) is 4.57. The standard InChI is InChI=1S/C22H23ClN2O5.ClH/c1-24-11-3-4-12(14(23)7-11)19-9-18(29)21-17(28)8-16(27)20(22(21)30-19)13-5-6-25(2)15(13)10-26;/h3-4,7-9,13,15,24,26-28H,5-6,10H2,1-2H3;1H/t13-,15+;/m0./s1. The number of fused-ring (bicyclic) bond motifs is 1. The van der Waals surface area contributed by atoms with Crippen molar-refractivity contribution >= 4 is 40.7 Å². The Hall–Kier alpha value is -2.45. The summed E-state index contributed by atoms with van der Waals surface area (Å²) in [6.07, 6.45) is 0.667. The van der Waals surface area contributed by atoms with Crippen LogP contribution >= 0.6 is 24.0 Å². The number of likely N-dealkylation sites (tertiary alicyclic amines) is 1. The van der Waals surface area contributed by atoms with Gasteiger partial charge in [0.2, 0.25) is 0 Å². The number of benzene rings is 2. The fraction of sp³-hybridized carbons (Fsp3) is 0.318. The van der Waals surface area contributed by atoms with Gasteiger partial charge in [-0.1, -0.05) is 11.6 Å². The van der Waals surface area contributed by atoms with Crippen LogP contribution in [0.3, 0.4) is 0 Å². The van der Waals surface area contributed by atoms with Crippen molar-refractivity contribution in [3.05, 3.63) is 51.1 Å². The van der Waals surface area contributed by atoms with Gasteiger partial charge in [0.1, 0.15) is 28.2 Å². The maximum atomic E-state index is 12.9. The molecule has 2 aromatic carbocycles. The van der Waals surface area contributed by atoms with Crippen molar-refractivity contribution in [1.29, 1.82) is 0 Å². The van der Waals surface area contributed by atoms with Crippen molar-refractivity contribution in [3.63, 3.8) is 0 Å². The molecule has 31 heavy (non-hydrogen) atoms. The first-order chi connectivity index (χ1) is 14.3. The maximum Gasteiger partial charge on any atom is 0.197 e. The zero-order valence-electron chi connectivity index (χ0n) is 17.1. The minimum absolute atomic E-state index is 0. The Morgan fingerprint density at radius 1 is 1.23 bits per heavy atom. The molecule has 0 bridgehead atoms. The Morgan fingerprint density at radius 3 is 2.61 bits per heavy atom. The number of anilines is 1. The Bertz CT molecular complexity index is 1180. The molecule has 1 aliphatic heterocycles. The van der Waals surface area contributed by atoms with Gasteiger partial charge in [0.05, 0.1) is 11.6 Å². The molecule has 3 aromatic rings. The van der Waals surface area contributed by atoms with Crippen molar-refractivity contribution in [3.8, 4) is 22.8 Å². The lowest BCUT2D eigenvalue weighted by Crippen LogP contribution is -2.32. The smallest absolute Gasteiger partial charge is 0.197 e. The summed E-state index contributed by atoms with van der Waals surface area (Å²) in [5.41, 5.74) is 1.41. The normalized spacial score (nSPS) is 18.8. The third-order valence-electron chi connectivity index (χ3n) is 5.90. The van der Waals surface area contributed by atoms with Crippen LogP contribution in [0.4, 0.5) is 5.69 Å². The zero-order valence-corrected chi connectivity index (χ0v) is 18.6. The third kappa shape index (κ3) is 3.94. The Morgan fingerprint density at radius 2 is 1.97 bits per heavy atom. The summed E-state index contributed by atoms with van der Waals surface area (Å²) in [5.74, 6) is -0.548. The first-order valence-electron chi connectivity index (χ1n) is 9.67. The maximum absolute atomic E-state index is 12.9. The second-order valence-electron chi connectivity index (χ2n) is 7.58. The molecule has 1 aromatic heterocycles. The molecule has 1 aliphatic rings. The van der Waals surface area contributed by atoms with E-state index in [1.807, 2.05) is 11.9 Å². The molecule has 4 rings (SSSR count). The van der Waals surface area contributed by atoms with Gasteiger partial charge in [-0.15, -0.1) is 12.4 Å².